The number of aliphatic hydroxyl groups is 1. The van der Waals surface area contributed by atoms with E-state index in [4.69, 9.17) is 4.42 Å². The highest BCUT2D eigenvalue weighted by Crippen LogP contribution is 2.18. The van der Waals surface area contributed by atoms with Gasteiger partial charge in [0.1, 0.15) is 5.76 Å². The molecule has 0 radical (unpaired) electrons. The van der Waals surface area contributed by atoms with Gasteiger partial charge >= 0.3 is 6.03 Å². The average Bonchev–Trinajstić information content (AvgIpc) is 2.78. The molecule has 2 rings (SSSR count). The van der Waals surface area contributed by atoms with E-state index in [0.717, 1.165) is 31.4 Å². The molecule has 0 unspecified atom stereocenters. The lowest BCUT2D eigenvalue weighted by atomic mass is 9.93. The minimum absolute atomic E-state index is 0.146. The lowest BCUT2D eigenvalue weighted by molar-refractivity contribution is 0.117. The van der Waals surface area contributed by atoms with E-state index < -0.39 is 0 Å². The van der Waals surface area contributed by atoms with E-state index in [1.54, 1.807) is 0 Å². The zero-order valence-electron chi connectivity index (χ0n) is 10.7. The summed E-state index contributed by atoms with van der Waals surface area (Å²) < 4.78 is 6.05. The maximum absolute atomic E-state index is 11.7. The fraction of sp³-hybridized carbons (Fsp3) is 0.615. The van der Waals surface area contributed by atoms with Crippen LogP contribution in [0.1, 0.15) is 31.4 Å². The van der Waals surface area contributed by atoms with E-state index in [0.29, 0.717) is 17.6 Å². The van der Waals surface area contributed by atoms with E-state index in [1.807, 2.05) is 12.1 Å². The Kier molecular flexibility index (Phi) is 5.27. The molecule has 1 saturated carbocycles. The van der Waals surface area contributed by atoms with Crippen molar-refractivity contribution < 1.29 is 14.3 Å². The maximum atomic E-state index is 11.7. The number of hydrogen-bond donors (Lipinski definition) is 3. The molecule has 1 aliphatic rings. The smallest absolute Gasteiger partial charge is 0.315 e. The topological polar surface area (TPSA) is 74.5 Å². The summed E-state index contributed by atoms with van der Waals surface area (Å²) >= 11 is 3.24. The molecule has 6 heteroatoms. The zero-order valence-corrected chi connectivity index (χ0v) is 12.3. The van der Waals surface area contributed by atoms with E-state index in [9.17, 15) is 9.90 Å². The zero-order chi connectivity index (χ0) is 13.7. The third-order valence-electron chi connectivity index (χ3n) is 3.32. The van der Waals surface area contributed by atoms with Crippen molar-refractivity contribution in [2.75, 3.05) is 6.54 Å². The summed E-state index contributed by atoms with van der Waals surface area (Å²) in [7, 11) is 0. The minimum Gasteiger partial charge on any atom is -0.454 e. The Morgan fingerprint density at radius 2 is 2.11 bits per heavy atom. The predicted molar refractivity (Wildman–Crippen MR) is 74.9 cm³/mol. The van der Waals surface area contributed by atoms with Crippen molar-refractivity contribution in [3.63, 3.8) is 0 Å². The third-order valence-corrected chi connectivity index (χ3v) is 3.74. The van der Waals surface area contributed by atoms with Gasteiger partial charge in [0.15, 0.2) is 4.67 Å². The lowest BCUT2D eigenvalue weighted by Gasteiger charge is -2.26. The van der Waals surface area contributed by atoms with Crippen molar-refractivity contribution >= 4 is 22.0 Å². The monoisotopic (exact) mass is 330 g/mol. The Morgan fingerprint density at radius 1 is 1.37 bits per heavy atom. The van der Waals surface area contributed by atoms with E-state index in [-0.39, 0.29) is 18.2 Å². The molecule has 1 aromatic rings. The van der Waals surface area contributed by atoms with Crippen molar-refractivity contribution in [3.8, 4) is 0 Å². The van der Waals surface area contributed by atoms with Gasteiger partial charge in [-0.05, 0) is 53.7 Å². The summed E-state index contributed by atoms with van der Waals surface area (Å²) in [6.45, 7) is 0.543. The first-order chi connectivity index (χ1) is 9.13. The number of carbonyl (C=O) groups excluding carboxylic acids is 1. The van der Waals surface area contributed by atoms with E-state index >= 15 is 0 Å². The Morgan fingerprint density at radius 3 is 2.74 bits per heavy atom. The van der Waals surface area contributed by atoms with Crippen LogP contribution in [-0.2, 0) is 6.42 Å². The molecule has 0 atom stereocenters. The summed E-state index contributed by atoms with van der Waals surface area (Å²) in [4.78, 5) is 11.7. The molecular formula is C13H19BrN2O3. The molecule has 106 valence electrons. The Hall–Kier alpha value is -1.01. The second-order valence-electron chi connectivity index (χ2n) is 4.86. The summed E-state index contributed by atoms with van der Waals surface area (Å²) in [5.41, 5.74) is 0. The van der Waals surface area contributed by atoms with Gasteiger partial charge in [0.2, 0.25) is 0 Å². The van der Waals surface area contributed by atoms with Crippen LogP contribution in [-0.4, -0.2) is 29.8 Å². The first-order valence-corrected chi connectivity index (χ1v) is 7.39. The largest absolute Gasteiger partial charge is 0.454 e. The fourth-order valence-electron chi connectivity index (χ4n) is 2.24. The van der Waals surface area contributed by atoms with Crippen LogP contribution in [0, 0.1) is 0 Å². The molecule has 19 heavy (non-hydrogen) atoms. The highest BCUT2D eigenvalue weighted by molar-refractivity contribution is 9.10. The van der Waals surface area contributed by atoms with Crippen LogP contribution in [0.2, 0.25) is 0 Å². The van der Waals surface area contributed by atoms with Gasteiger partial charge in [0, 0.05) is 19.0 Å². The lowest BCUT2D eigenvalue weighted by Crippen LogP contribution is -2.44. The number of hydrogen-bond acceptors (Lipinski definition) is 3. The van der Waals surface area contributed by atoms with Gasteiger partial charge in [-0.25, -0.2) is 4.79 Å². The van der Waals surface area contributed by atoms with Gasteiger partial charge in [-0.15, -0.1) is 0 Å². The van der Waals surface area contributed by atoms with Crippen LogP contribution >= 0.6 is 15.9 Å². The molecular weight excluding hydrogens is 312 g/mol. The summed E-state index contributed by atoms with van der Waals surface area (Å²) in [6.07, 6.45) is 3.71. The van der Waals surface area contributed by atoms with Crippen LogP contribution in [0.25, 0.3) is 0 Å². The quantitative estimate of drug-likeness (QED) is 0.792. The molecule has 1 heterocycles. The average molecular weight is 331 g/mol. The van der Waals surface area contributed by atoms with Crippen LogP contribution in [0.3, 0.4) is 0 Å². The second-order valence-corrected chi connectivity index (χ2v) is 5.64. The molecule has 1 aliphatic carbocycles. The van der Waals surface area contributed by atoms with Crippen LogP contribution in [0.5, 0.6) is 0 Å². The SMILES string of the molecule is O=C(NCCc1ccc(Br)o1)NC1CCC(O)CC1. The van der Waals surface area contributed by atoms with Crippen LogP contribution in [0.4, 0.5) is 4.79 Å². The number of rotatable bonds is 4. The second kappa shape index (κ2) is 6.96. The molecule has 5 nitrogen and oxygen atoms in total. The van der Waals surface area contributed by atoms with Crippen LogP contribution < -0.4 is 10.6 Å². The first-order valence-electron chi connectivity index (χ1n) is 6.60. The van der Waals surface area contributed by atoms with E-state index in [2.05, 4.69) is 26.6 Å². The van der Waals surface area contributed by atoms with Gasteiger partial charge in [0.25, 0.3) is 0 Å². The molecule has 1 aromatic heterocycles. The van der Waals surface area contributed by atoms with Gasteiger partial charge in [-0.1, -0.05) is 0 Å². The van der Waals surface area contributed by atoms with Crippen LogP contribution in [0.15, 0.2) is 21.2 Å². The standard InChI is InChI=1S/C13H19BrN2O3/c14-12-6-5-11(19-12)7-8-15-13(18)16-9-1-3-10(17)4-2-9/h5-6,9-10,17H,1-4,7-8H2,(H2,15,16,18). The number of carbonyl (C=O) groups is 1. The summed E-state index contributed by atoms with van der Waals surface area (Å²) in [5, 5.41) is 15.1. The summed E-state index contributed by atoms with van der Waals surface area (Å²) in [5.74, 6) is 0.841. The highest BCUT2D eigenvalue weighted by atomic mass is 79.9. The minimum atomic E-state index is -0.196. The molecule has 3 N–H and O–H groups in total. The highest BCUT2D eigenvalue weighted by Gasteiger charge is 2.20. The van der Waals surface area contributed by atoms with Crippen molar-refractivity contribution in [1.82, 2.24) is 10.6 Å². The van der Waals surface area contributed by atoms with Gasteiger partial charge in [-0.2, -0.15) is 0 Å². The maximum Gasteiger partial charge on any atom is 0.315 e. The van der Waals surface area contributed by atoms with Gasteiger partial charge in [0.05, 0.1) is 6.10 Å². The van der Waals surface area contributed by atoms with Crippen molar-refractivity contribution in [3.05, 3.63) is 22.6 Å². The molecule has 0 saturated heterocycles. The number of urea groups is 1. The number of halogens is 1. The number of furan rings is 1. The first kappa shape index (κ1) is 14.4. The van der Waals surface area contributed by atoms with Crippen molar-refractivity contribution in [2.45, 2.75) is 44.2 Å². The van der Waals surface area contributed by atoms with Gasteiger partial charge in [-0.3, -0.25) is 0 Å². The van der Waals surface area contributed by atoms with Gasteiger partial charge < -0.3 is 20.2 Å². The Labute approximate surface area is 120 Å². The number of aliphatic hydroxyl groups excluding tert-OH is 1. The molecule has 2 amide bonds. The third kappa shape index (κ3) is 4.87. The molecule has 1 fully saturated rings. The number of nitrogens with one attached hydrogen (secondary N) is 2. The normalized spacial score (nSPS) is 23.1. The van der Waals surface area contributed by atoms with Crippen molar-refractivity contribution in [2.24, 2.45) is 0 Å². The van der Waals surface area contributed by atoms with Crippen molar-refractivity contribution in [1.29, 1.82) is 0 Å². The van der Waals surface area contributed by atoms with E-state index in [1.165, 1.54) is 0 Å². The molecule has 0 spiro atoms. The predicted octanol–water partition coefficient (Wildman–Crippen LogP) is 2.19. The fourth-order valence-corrected chi connectivity index (χ4v) is 2.58. The number of amides is 2. The molecule has 0 bridgehead atoms. The Bertz CT molecular complexity index is 414. The molecule has 0 aromatic carbocycles. The Balaban J connectivity index is 1.62. The molecule has 0 aliphatic heterocycles. The summed E-state index contributed by atoms with van der Waals surface area (Å²) in [6, 6.07) is 3.75.